The molecule has 88 heavy (non-hydrogen) atoms. The summed E-state index contributed by atoms with van der Waals surface area (Å²) in [6.45, 7) is 10.0. The molecule has 1 aliphatic carbocycles. The fourth-order valence-corrected chi connectivity index (χ4v) is 11.0. The minimum Gasteiger partial charge on any atom is -0.394 e. The summed E-state index contributed by atoms with van der Waals surface area (Å²) < 4.78 is 16.2. The van der Waals surface area contributed by atoms with E-state index in [-0.39, 0.29) is 39.6 Å². The van der Waals surface area contributed by atoms with E-state index < -0.39 is 18.2 Å². The zero-order valence-electron chi connectivity index (χ0n) is 49.9. The summed E-state index contributed by atoms with van der Waals surface area (Å²) in [4.78, 5) is 14.6. The normalized spacial score (nSPS) is 13.4. The maximum Gasteiger partial charge on any atom is 0.0999 e. The number of hydrogen-bond acceptors (Lipinski definition) is 18. The number of nitrogens with zero attached hydrogens (tertiary/aromatic N) is 21. The number of aromatic nitrogens is 21. The lowest BCUT2D eigenvalue weighted by molar-refractivity contribution is 0.0783. The second-order valence-corrected chi connectivity index (χ2v) is 22.0. The molecule has 27 heteroatoms. The molecule has 12 aromatic heterocycles. The minimum absolute atomic E-state index is 0.191. The zero-order chi connectivity index (χ0) is 61.4. The minimum atomic E-state index is -0.848. The first-order valence-electron chi connectivity index (χ1n) is 30.0. The van der Waals surface area contributed by atoms with Crippen molar-refractivity contribution in [3.63, 3.8) is 0 Å². The van der Waals surface area contributed by atoms with Crippen LogP contribution in [0.4, 0.5) is 0 Å². The summed E-state index contributed by atoms with van der Waals surface area (Å²) in [7, 11) is 0. The van der Waals surface area contributed by atoms with Gasteiger partial charge in [0.15, 0.2) is 0 Å². The SMILES string of the molecule is CCC(C1CC1)n1cc(-c2nc(-c3cnn(C[C@@H](O)CO)c3)cn3nccc23)cn1.CCC(CC)n1cc(-c2nc(-c3cnn(C(CO)CO)c3)cn3nccc23)cn1.CCC(CC)n1cc(-c2nc(-c3cnn(C(CO)CO)c3)cn3nccc23)cn1. The monoisotopic (exact) mass is 1200 g/mol. The Bertz CT molecular complexity index is 4000. The van der Waals surface area contributed by atoms with Gasteiger partial charge in [0.05, 0.1) is 201 Å². The Morgan fingerprint density at radius 2 is 0.727 bits per heavy atom. The second kappa shape index (κ2) is 27.3. The zero-order valence-corrected chi connectivity index (χ0v) is 49.9. The van der Waals surface area contributed by atoms with E-state index in [9.17, 15) is 25.5 Å². The highest BCUT2D eigenvalue weighted by Crippen LogP contribution is 2.42. The number of fused-ring (bicyclic) bond motifs is 3. The van der Waals surface area contributed by atoms with Crippen LogP contribution in [0.5, 0.6) is 0 Å². The molecular formula is C61H75N21O6. The maximum absolute atomic E-state index is 9.66. The first kappa shape index (κ1) is 60.6. The predicted octanol–water partition coefficient (Wildman–Crippen LogP) is 6.86. The fraction of sp³-hybridized carbons (Fsp3) is 0.410. The van der Waals surface area contributed by atoms with Gasteiger partial charge in [0.1, 0.15) is 0 Å². The number of aliphatic hydroxyl groups is 6. The number of aliphatic hydroxyl groups excluding tert-OH is 6. The molecule has 0 amide bonds. The van der Waals surface area contributed by atoms with Gasteiger partial charge in [-0.1, -0.05) is 34.6 Å². The van der Waals surface area contributed by atoms with E-state index in [0.29, 0.717) is 29.5 Å². The highest BCUT2D eigenvalue weighted by molar-refractivity contribution is 5.80. The van der Waals surface area contributed by atoms with E-state index in [1.165, 1.54) is 12.8 Å². The van der Waals surface area contributed by atoms with Gasteiger partial charge in [0.2, 0.25) is 0 Å². The quantitative estimate of drug-likeness (QED) is 0.0360. The van der Waals surface area contributed by atoms with Crippen LogP contribution >= 0.6 is 0 Å². The highest BCUT2D eigenvalue weighted by Gasteiger charge is 2.32. The molecule has 0 aliphatic heterocycles. The van der Waals surface area contributed by atoms with E-state index >= 15 is 0 Å². The average molecular weight is 1200 g/mol. The van der Waals surface area contributed by atoms with Crippen LogP contribution < -0.4 is 0 Å². The van der Waals surface area contributed by atoms with E-state index in [1.54, 1.807) is 72.7 Å². The summed E-state index contributed by atoms with van der Waals surface area (Å²) in [6, 6.07) is 6.02. The molecule has 0 saturated heterocycles. The van der Waals surface area contributed by atoms with Crippen molar-refractivity contribution in [1.29, 1.82) is 0 Å². The third kappa shape index (κ3) is 12.8. The van der Waals surface area contributed by atoms with Crippen LogP contribution in [0, 0.1) is 5.92 Å². The first-order chi connectivity index (χ1) is 43.0. The number of hydrogen-bond donors (Lipinski definition) is 6. The van der Waals surface area contributed by atoms with Crippen molar-refractivity contribution in [2.75, 3.05) is 33.0 Å². The van der Waals surface area contributed by atoms with Crippen LogP contribution in [-0.2, 0) is 6.54 Å². The Hall–Kier alpha value is -9.12. The van der Waals surface area contributed by atoms with E-state index in [0.717, 1.165) is 111 Å². The Labute approximate surface area is 506 Å². The van der Waals surface area contributed by atoms with Crippen molar-refractivity contribution in [2.24, 2.45) is 5.92 Å². The van der Waals surface area contributed by atoms with Gasteiger partial charge in [-0.2, -0.15) is 45.9 Å². The molecule has 1 fully saturated rings. The largest absolute Gasteiger partial charge is 0.394 e. The molecule has 2 atom stereocenters. The lowest BCUT2D eigenvalue weighted by Gasteiger charge is -2.14. The van der Waals surface area contributed by atoms with Crippen molar-refractivity contribution in [1.82, 2.24) is 102 Å². The van der Waals surface area contributed by atoms with Gasteiger partial charge >= 0.3 is 0 Å². The second-order valence-electron chi connectivity index (χ2n) is 22.0. The van der Waals surface area contributed by atoms with Gasteiger partial charge in [0, 0.05) is 70.6 Å². The molecule has 12 aromatic rings. The lowest BCUT2D eigenvalue weighted by atomic mass is 10.1. The van der Waals surface area contributed by atoms with E-state index in [1.807, 2.05) is 87.8 Å². The van der Waals surface area contributed by atoms with Crippen LogP contribution in [0.3, 0.4) is 0 Å². The third-order valence-corrected chi connectivity index (χ3v) is 16.3. The highest BCUT2D eigenvalue weighted by atomic mass is 16.3. The van der Waals surface area contributed by atoms with Crippen LogP contribution in [0.25, 0.3) is 84.1 Å². The molecule has 12 heterocycles. The van der Waals surface area contributed by atoms with Crippen molar-refractivity contribution in [3.8, 4) is 67.5 Å². The van der Waals surface area contributed by atoms with Gasteiger partial charge in [-0.15, -0.1) is 0 Å². The standard InChI is InChI=1S/C21H25N7O2.2C20H25N7O2/c1-2-19(14-3-4-14)27-10-16(8-24-27)21-20-5-6-22-28(20)12-18(25-21)15-7-23-26(9-15)11-17(30)13-29;2*1-3-16(4-2)25-10-15(8-23-25)20-19-5-6-21-27(19)11-18(24-20)14-7-22-26(9-14)17(12-28)13-29/h5-10,12,14,17,19,29-30H,2-4,11,13H2,1H3;2*5-11,16-17,28-29H,3-4,12-13H2,1-2H3/t17-,19?;;/m1../s1. The molecule has 0 spiro atoms. The van der Waals surface area contributed by atoms with E-state index in [4.69, 9.17) is 20.1 Å². The van der Waals surface area contributed by atoms with Crippen LogP contribution in [0.1, 0.15) is 110 Å². The molecule has 6 N–H and O–H groups in total. The summed E-state index contributed by atoms with van der Waals surface area (Å²) in [6.07, 6.45) is 39.8. The fourth-order valence-electron chi connectivity index (χ4n) is 11.0. The summed E-state index contributed by atoms with van der Waals surface area (Å²) in [5.41, 5.74) is 12.5. The molecule has 460 valence electrons. The van der Waals surface area contributed by atoms with Gasteiger partial charge < -0.3 is 30.6 Å². The summed E-state index contributed by atoms with van der Waals surface area (Å²) >= 11 is 0. The molecule has 1 unspecified atom stereocenters. The van der Waals surface area contributed by atoms with Gasteiger partial charge in [0.25, 0.3) is 0 Å². The van der Waals surface area contributed by atoms with Crippen molar-refractivity contribution < 1.29 is 30.6 Å². The Kier molecular flexibility index (Phi) is 18.8. The van der Waals surface area contributed by atoms with E-state index in [2.05, 4.69) is 91.4 Å². The van der Waals surface area contributed by atoms with Crippen LogP contribution in [-0.4, -0.2) is 172 Å². The lowest BCUT2D eigenvalue weighted by Crippen LogP contribution is -2.19. The molecule has 13 rings (SSSR count). The molecular weight excluding hydrogens is 1120 g/mol. The van der Waals surface area contributed by atoms with Crippen LogP contribution in [0.2, 0.25) is 0 Å². The van der Waals surface area contributed by atoms with Gasteiger partial charge in [-0.05, 0) is 69.1 Å². The predicted molar refractivity (Wildman–Crippen MR) is 327 cm³/mol. The Balaban J connectivity index is 0.000000136. The summed E-state index contributed by atoms with van der Waals surface area (Å²) in [5.74, 6) is 0.733. The average Bonchev–Trinajstić information content (AvgIpc) is 2.44. The first-order valence-corrected chi connectivity index (χ1v) is 30.0. The molecule has 0 radical (unpaired) electrons. The van der Waals surface area contributed by atoms with Crippen molar-refractivity contribution >= 4 is 16.6 Å². The smallest absolute Gasteiger partial charge is 0.0999 e. The molecule has 1 saturated carbocycles. The molecule has 27 nitrogen and oxygen atoms in total. The van der Waals surface area contributed by atoms with Crippen molar-refractivity contribution in [3.05, 3.63) is 130 Å². The third-order valence-electron chi connectivity index (χ3n) is 16.3. The topological polar surface area (TPSA) is 319 Å². The summed E-state index contributed by atoms with van der Waals surface area (Å²) in [5, 5.41) is 96.0. The Morgan fingerprint density at radius 3 is 1.09 bits per heavy atom. The Morgan fingerprint density at radius 1 is 0.386 bits per heavy atom. The van der Waals surface area contributed by atoms with Gasteiger partial charge in [-0.25, -0.2) is 28.5 Å². The van der Waals surface area contributed by atoms with Crippen molar-refractivity contribution in [2.45, 2.75) is 122 Å². The molecule has 1 aliphatic rings. The maximum atomic E-state index is 9.66. The molecule has 0 bridgehead atoms. The van der Waals surface area contributed by atoms with Gasteiger partial charge in [-0.3, -0.25) is 28.1 Å². The molecule has 0 aromatic carbocycles. The number of rotatable bonds is 24. The van der Waals surface area contributed by atoms with Crippen LogP contribution in [0.15, 0.2) is 130 Å².